The van der Waals surface area contributed by atoms with Crippen LogP contribution in [0.15, 0.2) is 46.7 Å². The van der Waals surface area contributed by atoms with Gasteiger partial charge in [0.15, 0.2) is 5.76 Å². The second-order valence-electron chi connectivity index (χ2n) is 7.12. The van der Waals surface area contributed by atoms with Crippen LogP contribution in [0, 0.1) is 0 Å². The molecule has 0 radical (unpaired) electrons. The Morgan fingerprint density at radius 2 is 2.27 bits per heavy atom. The van der Waals surface area contributed by atoms with Crippen LogP contribution < -0.4 is 5.32 Å². The van der Waals surface area contributed by atoms with E-state index in [1.165, 1.54) is 11.3 Å². The topological polar surface area (TPSA) is 148 Å². The Morgan fingerprint density at radius 3 is 2.94 bits per heavy atom. The number of hydrogen-bond acceptors (Lipinski definition) is 8. The zero-order valence-corrected chi connectivity index (χ0v) is 18.5. The van der Waals surface area contributed by atoms with E-state index in [1.54, 1.807) is 30.7 Å². The van der Waals surface area contributed by atoms with Crippen molar-refractivity contribution in [2.45, 2.75) is 31.9 Å². The van der Waals surface area contributed by atoms with Crippen LogP contribution in [-0.2, 0) is 9.53 Å². The summed E-state index contributed by atoms with van der Waals surface area (Å²) in [6.07, 6.45) is 9.02. The molecule has 0 spiro atoms. The molecule has 4 aromatic heterocycles. The number of carbonyl (C=O) groups excluding carboxylic acids is 1. The van der Waals surface area contributed by atoms with Gasteiger partial charge >= 0.3 is 0 Å². The second-order valence-corrected chi connectivity index (χ2v) is 8.02. The second kappa shape index (κ2) is 10.2. The monoisotopic (exact) mass is 470 g/mol. The molecule has 1 aliphatic carbocycles. The predicted octanol–water partition coefficient (Wildman–Crippen LogP) is 3.68. The molecule has 4 aromatic rings. The first-order valence-electron chi connectivity index (χ1n) is 10.2. The standard InChI is InChI=1S/C20H20N6O3S.CH2O2/c1-2-28-14-7-13(8-14)26-11-15(18(25-26)20-21-5-6-30-20)24-19(27)17-4-3-16(29-17)12-9-22-23-10-12;2-1-3/h3-6,9-11,13-14H,2,7-8H2,1H3,(H,22,23)(H,24,27);1H,(H,2,3). The zero-order valence-electron chi connectivity index (χ0n) is 17.7. The average Bonchev–Trinajstić information content (AvgIpc) is 3.57. The molecule has 0 unspecified atom stereocenters. The van der Waals surface area contributed by atoms with Gasteiger partial charge in [-0.3, -0.25) is 19.4 Å². The van der Waals surface area contributed by atoms with Gasteiger partial charge in [-0.25, -0.2) is 4.98 Å². The Kier molecular flexibility index (Phi) is 6.95. The van der Waals surface area contributed by atoms with Crippen molar-refractivity contribution < 1.29 is 23.8 Å². The first-order valence-corrected chi connectivity index (χ1v) is 11.1. The third-order valence-corrected chi connectivity index (χ3v) is 5.85. The summed E-state index contributed by atoms with van der Waals surface area (Å²) in [7, 11) is 0. The van der Waals surface area contributed by atoms with Crippen LogP contribution in [0.4, 0.5) is 5.69 Å². The Bertz CT molecular complexity index is 1180. The lowest BCUT2D eigenvalue weighted by Gasteiger charge is -2.34. The molecule has 1 amide bonds. The fourth-order valence-corrected chi connectivity index (χ4v) is 4.11. The number of ether oxygens (including phenoxy) is 1. The molecule has 33 heavy (non-hydrogen) atoms. The lowest BCUT2D eigenvalue weighted by molar-refractivity contribution is -0.122. The van der Waals surface area contributed by atoms with Crippen LogP contribution >= 0.6 is 11.3 Å². The largest absolute Gasteiger partial charge is 0.483 e. The van der Waals surface area contributed by atoms with Crippen molar-refractivity contribution in [1.29, 1.82) is 0 Å². The van der Waals surface area contributed by atoms with Crippen LogP contribution in [0.5, 0.6) is 0 Å². The number of amides is 1. The lowest BCUT2D eigenvalue weighted by Crippen LogP contribution is -2.33. The van der Waals surface area contributed by atoms with Crippen molar-refractivity contribution >= 4 is 29.4 Å². The number of thiazole rings is 1. The SMILES string of the molecule is CCOC1CC(n2cc(NC(=O)c3ccc(-c4cn[nH]c4)o3)c(-c3nccs3)n2)C1.O=CO. The van der Waals surface area contributed by atoms with E-state index in [9.17, 15) is 4.79 Å². The number of carbonyl (C=O) groups is 2. The molecular weight excluding hydrogens is 448 g/mol. The Labute approximate surface area is 192 Å². The summed E-state index contributed by atoms with van der Waals surface area (Å²) in [5, 5.41) is 23.8. The molecule has 12 heteroatoms. The fourth-order valence-electron chi connectivity index (χ4n) is 3.48. The molecule has 3 N–H and O–H groups in total. The Morgan fingerprint density at radius 1 is 1.45 bits per heavy atom. The van der Waals surface area contributed by atoms with Gasteiger partial charge in [-0.2, -0.15) is 10.2 Å². The zero-order chi connectivity index (χ0) is 23.2. The number of aromatic nitrogens is 5. The van der Waals surface area contributed by atoms with Gasteiger partial charge in [0.1, 0.15) is 16.5 Å². The van der Waals surface area contributed by atoms with Gasteiger partial charge in [0.25, 0.3) is 12.4 Å². The predicted molar refractivity (Wildman–Crippen MR) is 120 cm³/mol. The first-order chi connectivity index (χ1) is 16.1. The maximum Gasteiger partial charge on any atom is 0.291 e. The normalized spacial score (nSPS) is 17.0. The molecule has 4 heterocycles. The molecule has 11 nitrogen and oxygen atoms in total. The van der Waals surface area contributed by atoms with Gasteiger partial charge in [0.2, 0.25) is 0 Å². The van der Waals surface area contributed by atoms with Crippen LogP contribution in [0.3, 0.4) is 0 Å². The van der Waals surface area contributed by atoms with Crippen LogP contribution in [0.25, 0.3) is 22.0 Å². The van der Waals surface area contributed by atoms with Gasteiger partial charge < -0.3 is 19.6 Å². The van der Waals surface area contributed by atoms with Gasteiger partial charge in [-0.05, 0) is 31.9 Å². The molecule has 1 aliphatic rings. The average molecular weight is 471 g/mol. The molecule has 0 aliphatic heterocycles. The van der Waals surface area contributed by atoms with Crippen LogP contribution in [0.2, 0.25) is 0 Å². The molecule has 1 fully saturated rings. The summed E-state index contributed by atoms with van der Waals surface area (Å²) in [5.74, 6) is 0.438. The minimum absolute atomic E-state index is 0.212. The smallest absolute Gasteiger partial charge is 0.291 e. The highest BCUT2D eigenvalue weighted by atomic mass is 32.1. The quantitative estimate of drug-likeness (QED) is 0.346. The van der Waals surface area contributed by atoms with E-state index in [4.69, 9.17) is 24.2 Å². The number of hydrogen-bond donors (Lipinski definition) is 3. The molecule has 172 valence electrons. The number of carboxylic acid groups (broad SMARTS) is 1. The minimum atomic E-state index is -0.345. The Balaban J connectivity index is 0.000000821. The maximum absolute atomic E-state index is 12.8. The molecule has 5 rings (SSSR count). The van der Waals surface area contributed by atoms with Crippen molar-refractivity contribution in [3.63, 3.8) is 0 Å². The molecule has 0 bridgehead atoms. The number of anilines is 1. The van der Waals surface area contributed by atoms with Crippen molar-refractivity contribution in [1.82, 2.24) is 25.0 Å². The highest BCUT2D eigenvalue weighted by Crippen LogP contribution is 2.37. The molecule has 0 saturated heterocycles. The highest BCUT2D eigenvalue weighted by Gasteiger charge is 2.33. The maximum atomic E-state index is 12.8. The Hall–Kier alpha value is -3.77. The number of nitrogens with zero attached hydrogens (tertiary/aromatic N) is 4. The van der Waals surface area contributed by atoms with Crippen LogP contribution in [0.1, 0.15) is 36.4 Å². The number of aromatic amines is 1. The van der Waals surface area contributed by atoms with E-state index in [0.29, 0.717) is 23.7 Å². The van der Waals surface area contributed by atoms with E-state index in [0.717, 1.165) is 23.4 Å². The number of rotatable bonds is 7. The fraction of sp³-hybridized carbons (Fsp3) is 0.286. The molecule has 1 saturated carbocycles. The van der Waals surface area contributed by atoms with E-state index in [1.807, 2.05) is 23.2 Å². The van der Waals surface area contributed by atoms with E-state index < -0.39 is 0 Å². The third-order valence-electron chi connectivity index (χ3n) is 5.07. The van der Waals surface area contributed by atoms with Crippen molar-refractivity contribution in [3.8, 4) is 22.0 Å². The van der Waals surface area contributed by atoms with E-state index >= 15 is 0 Å². The van der Waals surface area contributed by atoms with E-state index in [2.05, 4.69) is 20.5 Å². The number of H-pyrrole nitrogens is 1. The van der Waals surface area contributed by atoms with Gasteiger partial charge in [-0.15, -0.1) is 11.3 Å². The minimum Gasteiger partial charge on any atom is -0.483 e. The van der Waals surface area contributed by atoms with Crippen LogP contribution in [-0.4, -0.2) is 55.2 Å². The number of nitrogens with one attached hydrogen (secondary N) is 2. The van der Waals surface area contributed by atoms with Crippen molar-refractivity contribution in [3.05, 3.63) is 48.1 Å². The molecular formula is C21H22N6O5S. The van der Waals surface area contributed by atoms with Gasteiger partial charge in [0.05, 0.1) is 29.6 Å². The van der Waals surface area contributed by atoms with Gasteiger partial charge in [-0.1, -0.05) is 0 Å². The summed E-state index contributed by atoms with van der Waals surface area (Å²) in [6, 6.07) is 3.64. The van der Waals surface area contributed by atoms with Crippen molar-refractivity contribution in [2.75, 3.05) is 11.9 Å². The number of furan rings is 1. The van der Waals surface area contributed by atoms with E-state index in [-0.39, 0.29) is 30.3 Å². The summed E-state index contributed by atoms with van der Waals surface area (Å²) >= 11 is 1.48. The lowest BCUT2D eigenvalue weighted by atomic mass is 9.89. The van der Waals surface area contributed by atoms with Crippen molar-refractivity contribution in [2.24, 2.45) is 0 Å². The highest BCUT2D eigenvalue weighted by molar-refractivity contribution is 7.13. The summed E-state index contributed by atoms with van der Waals surface area (Å²) in [4.78, 5) is 25.5. The molecule has 0 aromatic carbocycles. The van der Waals surface area contributed by atoms with Gasteiger partial charge in [0, 0.05) is 30.6 Å². The summed E-state index contributed by atoms with van der Waals surface area (Å²) in [6.45, 7) is 2.47. The third kappa shape index (κ3) is 5.02. The summed E-state index contributed by atoms with van der Waals surface area (Å²) in [5.41, 5.74) is 2.04. The first kappa shape index (κ1) is 22.4. The molecule has 0 atom stereocenters. The summed E-state index contributed by atoms with van der Waals surface area (Å²) < 4.78 is 13.2.